The lowest BCUT2D eigenvalue weighted by Crippen LogP contribution is -3.14. The fraction of sp³-hybridized carbons (Fsp3) is 0.333. The Hall–Kier alpha value is -3.50. The molecule has 1 aromatic heterocycles. The molecular formula is C24H26N5O2+. The fourth-order valence-corrected chi connectivity index (χ4v) is 3.86. The van der Waals surface area contributed by atoms with Crippen molar-refractivity contribution in [2.75, 3.05) is 37.6 Å². The lowest BCUT2D eigenvalue weighted by atomic mass is 10.1. The number of fused-ring (bicyclic) bond motifs is 1. The largest absolute Gasteiger partial charge is 0.460 e. The zero-order chi connectivity index (χ0) is 21.6. The van der Waals surface area contributed by atoms with Crippen LogP contribution in [0.5, 0.6) is 0 Å². The van der Waals surface area contributed by atoms with Gasteiger partial charge in [-0.2, -0.15) is 5.26 Å². The maximum absolute atomic E-state index is 12.9. The summed E-state index contributed by atoms with van der Waals surface area (Å²) >= 11 is 0. The highest BCUT2D eigenvalue weighted by molar-refractivity contribution is 5.85. The SMILES string of the molecule is CC[NH+]1CCN(c2nc3ccccc3nc2[C@H](C#N)C(=O)OCc2ccccc2)CC1. The molecule has 1 atom stereocenters. The molecule has 1 N–H and O–H groups in total. The number of ether oxygens (including phenoxy) is 1. The molecule has 4 rings (SSSR count). The van der Waals surface area contributed by atoms with Gasteiger partial charge in [-0.1, -0.05) is 42.5 Å². The summed E-state index contributed by atoms with van der Waals surface area (Å²) in [5, 5.41) is 9.88. The highest BCUT2D eigenvalue weighted by Gasteiger charge is 2.31. The maximum atomic E-state index is 12.9. The van der Waals surface area contributed by atoms with E-state index in [4.69, 9.17) is 14.7 Å². The van der Waals surface area contributed by atoms with Crippen LogP contribution < -0.4 is 9.80 Å². The van der Waals surface area contributed by atoms with Gasteiger partial charge in [0.05, 0.1) is 49.8 Å². The van der Waals surface area contributed by atoms with Crippen molar-refractivity contribution in [2.45, 2.75) is 19.4 Å². The van der Waals surface area contributed by atoms with Crippen LogP contribution in [-0.4, -0.2) is 48.7 Å². The number of benzene rings is 2. The second kappa shape index (κ2) is 9.54. The number of hydrogen-bond donors (Lipinski definition) is 1. The summed E-state index contributed by atoms with van der Waals surface area (Å²) in [5.41, 5.74) is 2.66. The summed E-state index contributed by atoms with van der Waals surface area (Å²) in [7, 11) is 0. The summed E-state index contributed by atoms with van der Waals surface area (Å²) in [6.07, 6.45) is 0. The quantitative estimate of drug-likeness (QED) is 0.616. The Morgan fingerprint density at radius 3 is 2.39 bits per heavy atom. The number of quaternary nitrogens is 1. The Labute approximate surface area is 181 Å². The van der Waals surface area contributed by atoms with E-state index in [-0.39, 0.29) is 6.61 Å². The van der Waals surface area contributed by atoms with Crippen molar-refractivity contribution in [2.24, 2.45) is 0 Å². The number of nitrogens with one attached hydrogen (secondary N) is 1. The van der Waals surface area contributed by atoms with Gasteiger partial charge in [-0.25, -0.2) is 9.97 Å². The Morgan fingerprint density at radius 2 is 1.74 bits per heavy atom. The lowest BCUT2D eigenvalue weighted by Gasteiger charge is -2.33. The Kier molecular flexibility index (Phi) is 6.39. The summed E-state index contributed by atoms with van der Waals surface area (Å²) in [6, 6.07) is 19.1. The average Bonchev–Trinajstić information content (AvgIpc) is 2.83. The van der Waals surface area contributed by atoms with E-state index in [9.17, 15) is 10.1 Å². The second-order valence-electron chi connectivity index (χ2n) is 7.67. The monoisotopic (exact) mass is 416 g/mol. The first kappa shape index (κ1) is 20.8. The molecular weight excluding hydrogens is 390 g/mol. The molecule has 7 heteroatoms. The number of nitriles is 1. The van der Waals surface area contributed by atoms with Crippen LogP contribution in [0.25, 0.3) is 11.0 Å². The Balaban J connectivity index is 1.65. The minimum Gasteiger partial charge on any atom is -0.460 e. The van der Waals surface area contributed by atoms with Gasteiger partial charge in [0.15, 0.2) is 11.7 Å². The molecule has 0 aliphatic carbocycles. The molecule has 0 unspecified atom stereocenters. The zero-order valence-electron chi connectivity index (χ0n) is 17.6. The third-order valence-electron chi connectivity index (χ3n) is 5.71. The number of piperazine rings is 1. The van der Waals surface area contributed by atoms with Crippen LogP contribution in [0.15, 0.2) is 54.6 Å². The number of rotatable bonds is 6. The smallest absolute Gasteiger partial charge is 0.330 e. The molecule has 1 aliphatic heterocycles. The highest BCUT2D eigenvalue weighted by atomic mass is 16.5. The van der Waals surface area contributed by atoms with E-state index >= 15 is 0 Å². The first-order valence-corrected chi connectivity index (χ1v) is 10.6. The minimum absolute atomic E-state index is 0.118. The van der Waals surface area contributed by atoms with Crippen LogP contribution in [0, 0.1) is 11.3 Å². The van der Waals surface area contributed by atoms with E-state index in [0.717, 1.165) is 43.8 Å². The highest BCUT2D eigenvalue weighted by Crippen LogP contribution is 2.28. The van der Waals surface area contributed by atoms with Crippen molar-refractivity contribution in [3.05, 3.63) is 65.9 Å². The normalized spacial score (nSPS) is 15.4. The van der Waals surface area contributed by atoms with Crippen LogP contribution in [-0.2, 0) is 16.1 Å². The van der Waals surface area contributed by atoms with Crippen LogP contribution in [0.4, 0.5) is 5.82 Å². The maximum Gasteiger partial charge on any atom is 0.330 e. The Bertz CT molecular complexity index is 1090. The molecule has 2 heterocycles. The number of carbonyl (C=O) groups excluding carboxylic acids is 1. The molecule has 0 radical (unpaired) electrons. The molecule has 0 bridgehead atoms. The fourth-order valence-electron chi connectivity index (χ4n) is 3.86. The number of carbonyl (C=O) groups is 1. The third kappa shape index (κ3) is 4.65. The minimum atomic E-state index is -1.13. The van der Waals surface area contributed by atoms with Crippen molar-refractivity contribution in [1.82, 2.24) is 9.97 Å². The molecule has 0 spiro atoms. The molecule has 31 heavy (non-hydrogen) atoms. The number of para-hydroxylation sites is 2. The molecule has 1 fully saturated rings. The molecule has 7 nitrogen and oxygen atoms in total. The number of esters is 1. The van der Waals surface area contributed by atoms with Crippen molar-refractivity contribution in [1.29, 1.82) is 5.26 Å². The van der Waals surface area contributed by atoms with E-state index in [1.165, 1.54) is 4.90 Å². The van der Waals surface area contributed by atoms with Gasteiger partial charge in [-0.05, 0) is 24.6 Å². The summed E-state index contributed by atoms with van der Waals surface area (Å²) in [6.45, 7) is 6.96. The van der Waals surface area contributed by atoms with Gasteiger partial charge < -0.3 is 14.5 Å². The number of anilines is 1. The summed E-state index contributed by atoms with van der Waals surface area (Å²) in [5.74, 6) is -1.13. The molecule has 1 aliphatic rings. The topological polar surface area (TPSA) is 83.5 Å². The van der Waals surface area contributed by atoms with Crippen molar-refractivity contribution < 1.29 is 14.4 Å². The predicted octanol–water partition coefficient (Wildman–Crippen LogP) is 1.71. The lowest BCUT2D eigenvalue weighted by molar-refractivity contribution is -0.898. The molecule has 3 aromatic rings. The van der Waals surface area contributed by atoms with Gasteiger partial charge >= 0.3 is 5.97 Å². The number of hydrogen-bond acceptors (Lipinski definition) is 6. The van der Waals surface area contributed by atoms with Crippen molar-refractivity contribution in [3.63, 3.8) is 0 Å². The Morgan fingerprint density at radius 1 is 1.10 bits per heavy atom. The van der Waals surface area contributed by atoms with Crippen LogP contribution in [0.2, 0.25) is 0 Å². The van der Waals surface area contributed by atoms with E-state index < -0.39 is 11.9 Å². The first-order chi connectivity index (χ1) is 15.2. The van der Waals surface area contributed by atoms with E-state index in [0.29, 0.717) is 17.0 Å². The van der Waals surface area contributed by atoms with E-state index in [1.807, 2.05) is 54.6 Å². The number of likely N-dealkylation sites (N-methyl/N-ethyl adjacent to an activating group) is 1. The summed E-state index contributed by atoms with van der Waals surface area (Å²) < 4.78 is 5.47. The average molecular weight is 417 g/mol. The molecule has 0 saturated carbocycles. The standard InChI is InChI=1S/C24H25N5O2/c1-2-28-12-14-29(15-13-28)23-22(26-20-10-6-7-11-21(20)27-23)19(16-25)24(30)31-17-18-8-4-3-5-9-18/h3-11,19H,2,12-15,17H2,1H3/p+1/t19-/m0/s1. The van der Waals surface area contributed by atoms with Crippen molar-refractivity contribution >= 4 is 22.8 Å². The molecule has 0 amide bonds. The van der Waals surface area contributed by atoms with Gasteiger partial charge in [0.25, 0.3) is 0 Å². The van der Waals surface area contributed by atoms with E-state index in [1.54, 1.807) is 0 Å². The van der Waals surface area contributed by atoms with Crippen LogP contribution in [0.3, 0.4) is 0 Å². The van der Waals surface area contributed by atoms with Gasteiger partial charge in [0.2, 0.25) is 0 Å². The number of nitrogens with zero attached hydrogens (tertiary/aromatic N) is 4. The zero-order valence-corrected chi connectivity index (χ0v) is 17.6. The van der Waals surface area contributed by atoms with Gasteiger partial charge in [-0.3, -0.25) is 4.79 Å². The van der Waals surface area contributed by atoms with Gasteiger partial charge in [0.1, 0.15) is 12.3 Å². The van der Waals surface area contributed by atoms with Crippen molar-refractivity contribution in [3.8, 4) is 6.07 Å². The molecule has 1 saturated heterocycles. The van der Waals surface area contributed by atoms with E-state index in [2.05, 4.69) is 17.9 Å². The molecule has 158 valence electrons. The van der Waals surface area contributed by atoms with Gasteiger partial charge in [0, 0.05) is 0 Å². The summed E-state index contributed by atoms with van der Waals surface area (Å²) in [4.78, 5) is 26.1. The number of aromatic nitrogens is 2. The third-order valence-corrected chi connectivity index (χ3v) is 5.71. The second-order valence-corrected chi connectivity index (χ2v) is 7.67. The first-order valence-electron chi connectivity index (χ1n) is 10.6. The van der Waals surface area contributed by atoms with Crippen LogP contribution in [0.1, 0.15) is 24.1 Å². The molecule has 2 aromatic carbocycles. The van der Waals surface area contributed by atoms with Gasteiger partial charge in [-0.15, -0.1) is 0 Å². The predicted molar refractivity (Wildman–Crippen MR) is 118 cm³/mol. The van der Waals surface area contributed by atoms with Crippen LogP contribution >= 0.6 is 0 Å².